The SMILES string of the molecule is CCCCCCCCCCCCCCCCCCCCC(=O)O[C@H](COC(=O)CCCCCCCCCCCCC(C)CC)COP(=O)(O)OC[C@@H](O)COP(=O)(O)OC[C@@H](COC(=O)CCCCCCCCC)OC(=O)CCCCCCCCCCCC(C)C. The lowest BCUT2D eigenvalue weighted by atomic mass is 9.99. The third-order valence-corrected chi connectivity index (χ3v) is 19.0. The van der Waals surface area contributed by atoms with Gasteiger partial charge in [0.2, 0.25) is 0 Å². The molecule has 0 saturated heterocycles. The summed E-state index contributed by atoms with van der Waals surface area (Å²) in [5, 5.41) is 10.6. The first-order chi connectivity index (χ1) is 43.9. The fraction of sp³-hybridized carbons (Fsp3) is 0.944. The average Bonchev–Trinajstić information content (AvgIpc) is 3.70. The van der Waals surface area contributed by atoms with Gasteiger partial charge >= 0.3 is 39.5 Å². The Kier molecular flexibility index (Phi) is 62.7. The molecule has 0 aliphatic heterocycles. The molecule has 0 aromatic carbocycles. The summed E-state index contributed by atoms with van der Waals surface area (Å²) in [6.07, 6.45) is 50.0. The Bertz CT molecular complexity index is 1770. The summed E-state index contributed by atoms with van der Waals surface area (Å²) < 4.78 is 68.3. The molecule has 0 aliphatic rings. The molecule has 3 unspecified atom stereocenters. The Hall–Kier alpha value is -1.94. The molecule has 0 aliphatic carbocycles. The standard InChI is InChI=1S/C72H140O17P2/c1-7-10-12-14-16-17-18-19-20-21-22-23-24-25-32-38-44-50-56-71(76)89-68(61-83-70(75)55-49-43-37-31-27-26-30-36-41-47-53-65(6)9-3)63-87-91(80,81)85-59-66(73)58-84-90(78,79)86-62-67(60-82-69(74)54-48-42-34-15-13-11-8-2)88-72(77)57-51-45-39-33-28-29-35-40-46-52-64(4)5/h64-68,73H,7-63H2,1-6H3,(H,78,79)(H,80,81)/t65?,66-,67+,68+/m0/s1. The van der Waals surface area contributed by atoms with Crippen molar-refractivity contribution in [2.45, 2.75) is 387 Å². The lowest BCUT2D eigenvalue weighted by Gasteiger charge is -2.21. The second kappa shape index (κ2) is 64.1. The van der Waals surface area contributed by atoms with Crippen LogP contribution in [0.3, 0.4) is 0 Å². The summed E-state index contributed by atoms with van der Waals surface area (Å²) in [6.45, 7) is 9.53. The number of carbonyl (C=O) groups excluding carboxylic acids is 4. The molecule has 0 amide bonds. The lowest BCUT2D eigenvalue weighted by molar-refractivity contribution is -0.161. The van der Waals surface area contributed by atoms with Crippen LogP contribution in [0, 0.1) is 11.8 Å². The highest BCUT2D eigenvalue weighted by Crippen LogP contribution is 2.45. The number of esters is 4. The maximum atomic E-state index is 13.0. The minimum atomic E-state index is -4.95. The van der Waals surface area contributed by atoms with E-state index in [1.54, 1.807) is 0 Å². The van der Waals surface area contributed by atoms with Crippen molar-refractivity contribution in [3.63, 3.8) is 0 Å². The Morgan fingerprint density at radius 1 is 0.319 bits per heavy atom. The first-order valence-electron chi connectivity index (χ1n) is 37.5. The summed E-state index contributed by atoms with van der Waals surface area (Å²) in [5.41, 5.74) is 0. The fourth-order valence-corrected chi connectivity index (χ4v) is 12.5. The van der Waals surface area contributed by atoms with Crippen molar-refractivity contribution in [3.8, 4) is 0 Å². The maximum absolute atomic E-state index is 13.0. The number of phosphoric acid groups is 2. The monoisotopic (exact) mass is 1340 g/mol. The van der Waals surface area contributed by atoms with Crippen molar-refractivity contribution in [3.05, 3.63) is 0 Å². The predicted octanol–water partition coefficient (Wildman–Crippen LogP) is 20.8. The van der Waals surface area contributed by atoms with Gasteiger partial charge < -0.3 is 33.8 Å². The van der Waals surface area contributed by atoms with Crippen LogP contribution in [0.5, 0.6) is 0 Å². The van der Waals surface area contributed by atoms with E-state index in [0.29, 0.717) is 25.7 Å². The van der Waals surface area contributed by atoms with Crippen LogP contribution >= 0.6 is 15.6 Å². The summed E-state index contributed by atoms with van der Waals surface area (Å²) in [6, 6.07) is 0. The molecule has 0 aromatic rings. The lowest BCUT2D eigenvalue weighted by Crippen LogP contribution is -2.30. The van der Waals surface area contributed by atoms with Gasteiger partial charge in [-0.3, -0.25) is 37.3 Å². The minimum Gasteiger partial charge on any atom is -0.462 e. The summed E-state index contributed by atoms with van der Waals surface area (Å²) in [7, 11) is -9.90. The largest absolute Gasteiger partial charge is 0.472 e. The summed E-state index contributed by atoms with van der Waals surface area (Å²) in [5.74, 6) is -0.580. The Morgan fingerprint density at radius 2 is 0.560 bits per heavy atom. The second-order valence-electron chi connectivity index (χ2n) is 26.7. The van der Waals surface area contributed by atoms with E-state index in [9.17, 15) is 43.2 Å². The Morgan fingerprint density at radius 3 is 0.835 bits per heavy atom. The number of aliphatic hydroxyl groups is 1. The quantitative estimate of drug-likeness (QED) is 0.0222. The average molecular weight is 1340 g/mol. The number of hydrogen-bond acceptors (Lipinski definition) is 15. The zero-order valence-electron chi connectivity index (χ0n) is 59.1. The van der Waals surface area contributed by atoms with Gasteiger partial charge in [-0.05, 0) is 37.5 Å². The van der Waals surface area contributed by atoms with E-state index in [1.807, 2.05) is 0 Å². The first-order valence-corrected chi connectivity index (χ1v) is 40.5. The normalized spacial score (nSPS) is 14.4. The molecule has 0 rings (SSSR count). The number of phosphoric ester groups is 2. The van der Waals surface area contributed by atoms with Crippen LogP contribution in [0.2, 0.25) is 0 Å². The highest BCUT2D eigenvalue weighted by Gasteiger charge is 2.30. The van der Waals surface area contributed by atoms with Gasteiger partial charge in [0.1, 0.15) is 19.3 Å². The van der Waals surface area contributed by atoms with Crippen molar-refractivity contribution in [1.82, 2.24) is 0 Å². The van der Waals surface area contributed by atoms with E-state index in [2.05, 4.69) is 41.5 Å². The van der Waals surface area contributed by atoms with Gasteiger partial charge in [-0.15, -0.1) is 0 Å². The van der Waals surface area contributed by atoms with Crippen molar-refractivity contribution in [2.24, 2.45) is 11.8 Å². The van der Waals surface area contributed by atoms with E-state index in [1.165, 1.54) is 173 Å². The molecule has 0 spiro atoms. The molecule has 540 valence electrons. The van der Waals surface area contributed by atoms with Crippen molar-refractivity contribution < 1.29 is 80.2 Å². The smallest absolute Gasteiger partial charge is 0.462 e. The van der Waals surface area contributed by atoms with Crippen molar-refractivity contribution >= 4 is 39.5 Å². The van der Waals surface area contributed by atoms with Crippen molar-refractivity contribution in [1.29, 1.82) is 0 Å². The van der Waals surface area contributed by atoms with Crippen LogP contribution in [0.15, 0.2) is 0 Å². The molecular formula is C72H140O17P2. The van der Waals surface area contributed by atoms with Crippen LogP contribution in [-0.2, 0) is 65.4 Å². The fourth-order valence-electron chi connectivity index (χ4n) is 10.9. The Balaban J connectivity index is 5.20. The molecule has 0 bridgehead atoms. The van der Waals surface area contributed by atoms with E-state index >= 15 is 0 Å². The second-order valence-corrected chi connectivity index (χ2v) is 29.6. The molecule has 0 fully saturated rings. The van der Waals surface area contributed by atoms with Gasteiger partial charge in [0.25, 0.3) is 0 Å². The third kappa shape index (κ3) is 65.1. The third-order valence-electron chi connectivity index (χ3n) is 17.1. The minimum absolute atomic E-state index is 0.105. The first kappa shape index (κ1) is 89.1. The van der Waals surface area contributed by atoms with Crippen LogP contribution in [0.4, 0.5) is 0 Å². The van der Waals surface area contributed by atoms with E-state index in [4.69, 9.17) is 37.0 Å². The summed E-state index contributed by atoms with van der Waals surface area (Å²) in [4.78, 5) is 72.5. The van der Waals surface area contributed by atoms with Crippen LogP contribution < -0.4 is 0 Å². The number of unbranched alkanes of at least 4 members (excludes halogenated alkanes) is 40. The van der Waals surface area contributed by atoms with Gasteiger partial charge in [-0.25, -0.2) is 9.13 Å². The topological polar surface area (TPSA) is 237 Å². The van der Waals surface area contributed by atoms with Crippen LogP contribution in [0.1, 0.15) is 369 Å². The van der Waals surface area contributed by atoms with Crippen molar-refractivity contribution in [2.75, 3.05) is 39.6 Å². The molecule has 0 heterocycles. The number of rotatable bonds is 71. The van der Waals surface area contributed by atoms with E-state index < -0.39 is 97.5 Å². The molecule has 19 heteroatoms. The molecule has 0 aromatic heterocycles. The number of ether oxygens (including phenoxy) is 4. The highest BCUT2D eigenvalue weighted by molar-refractivity contribution is 7.47. The predicted molar refractivity (Wildman–Crippen MR) is 368 cm³/mol. The molecule has 17 nitrogen and oxygen atoms in total. The van der Waals surface area contributed by atoms with Gasteiger partial charge in [-0.1, -0.05) is 318 Å². The zero-order valence-corrected chi connectivity index (χ0v) is 60.9. The Labute approximate surface area is 556 Å². The van der Waals surface area contributed by atoms with Gasteiger partial charge in [0, 0.05) is 25.7 Å². The summed E-state index contributed by atoms with van der Waals surface area (Å²) >= 11 is 0. The molecule has 0 saturated carbocycles. The number of carbonyl (C=O) groups is 4. The van der Waals surface area contributed by atoms with E-state index in [0.717, 1.165) is 115 Å². The number of aliphatic hydroxyl groups excluding tert-OH is 1. The van der Waals surface area contributed by atoms with Gasteiger partial charge in [-0.2, -0.15) is 0 Å². The van der Waals surface area contributed by atoms with Gasteiger partial charge in [0.05, 0.1) is 26.4 Å². The molecule has 0 radical (unpaired) electrons. The van der Waals surface area contributed by atoms with E-state index in [-0.39, 0.29) is 25.7 Å². The highest BCUT2D eigenvalue weighted by atomic mass is 31.2. The molecule has 91 heavy (non-hydrogen) atoms. The van der Waals surface area contributed by atoms with Crippen LogP contribution in [-0.4, -0.2) is 96.7 Å². The number of hydrogen-bond donors (Lipinski definition) is 3. The van der Waals surface area contributed by atoms with Gasteiger partial charge in [0.15, 0.2) is 12.2 Å². The maximum Gasteiger partial charge on any atom is 0.472 e. The molecule has 3 N–H and O–H groups in total. The zero-order chi connectivity index (χ0) is 67.2. The molecular weight excluding hydrogens is 1200 g/mol. The van der Waals surface area contributed by atoms with Crippen LogP contribution in [0.25, 0.3) is 0 Å². The molecule has 6 atom stereocenters.